The number of ether oxygens (including phenoxy) is 1. The molecule has 1 aromatic heterocycles. The van der Waals surface area contributed by atoms with E-state index in [2.05, 4.69) is 29.4 Å². The minimum atomic E-state index is 0.314. The van der Waals surface area contributed by atoms with Gasteiger partial charge in [0.1, 0.15) is 5.75 Å². The molecule has 3 nitrogen and oxygen atoms in total. The van der Waals surface area contributed by atoms with Crippen LogP contribution in [-0.2, 0) is 6.54 Å². The third-order valence-corrected chi connectivity index (χ3v) is 3.05. The lowest BCUT2D eigenvalue weighted by molar-refractivity contribution is 0.340. The summed E-state index contributed by atoms with van der Waals surface area (Å²) in [5.74, 6) is 0.924. The number of aromatic nitrogens is 1. The van der Waals surface area contributed by atoms with Crippen molar-refractivity contribution in [2.45, 2.75) is 26.4 Å². The van der Waals surface area contributed by atoms with E-state index in [0.29, 0.717) is 12.6 Å². The van der Waals surface area contributed by atoms with Gasteiger partial charge in [0.25, 0.3) is 0 Å². The zero-order chi connectivity index (χ0) is 13.5. The van der Waals surface area contributed by atoms with E-state index in [1.54, 1.807) is 0 Å². The maximum Gasteiger partial charge on any atom is 0.119 e. The van der Waals surface area contributed by atoms with Gasteiger partial charge >= 0.3 is 0 Å². The van der Waals surface area contributed by atoms with E-state index in [1.807, 2.05) is 43.6 Å². The molecule has 1 aromatic carbocycles. The quantitative estimate of drug-likeness (QED) is 0.860. The summed E-state index contributed by atoms with van der Waals surface area (Å²) >= 11 is 0. The van der Waals surface area contributed by atoms with Gasteiger partial charge in [-0.25, -0.2) is 0 Å². The monoisotopic (exact) mass is 256 g/mol. The highest BCUT2D eigenvalue weighted by molar-refractivity contribution is 5.27. The Bertz CT molecular complexity index is 482. The molecule has 0 aliphatic rings. The molecule has 0 aliphatic carbocycles. The largest absolute Gasteiger partial charge is 0.494 e. The lowest BCUT2D eigenvalue weighted by Crippen LogP contribution is -2.17. The molecule has 0 amide bonds. The van der Waals surface area contributed by atoms with Gasteiger partial charge in [0.2, 0.25) is 0 Å². The van der Waals surface area contributed by atoms with E-state index >= 15 is 0 Å². The molecule has 0 saturated carbocycles. The number of benzene rings is 1. The van der Waals surface area contributed by atoms with Gasteiger partial charge in [-0.3, -0.25) is 4.98 Å². The second kappa shape index (κ2) is 6.90. The fourth-order valence-corrected chi connectivity index (χ4v) is 1.91. The summed E-state index contributed by atoms with van der Waals surface area (Å²) in [6.07, 6.45) is 3.65. The summed E-state index contributed by atoms with van der Waals surface area (Å²) < 4.78 is 5.43. The summed E-state index contributed by atoms with van der Waals surface area (Å²) in [7, 11) is 0. The van der Waals surface area contributed by atoms with Crippen LogP contribution in [0.15, 0.2) is 48.8 Å². The summed E-state index contributed by atoms with van der Waals surface area (Å²) in [6, 6.07) is 12.6. The maximum absolute atomic E-state index is 5.43. The van der Waals surface area contributed by atoms with Crippen molar-refractivity contribution >= 4 is 0 Å². The van der Waals surface area contributed by atoms with Crippen molar-refractivity contribution in [3.05, 3.63) is 59.9 Å². The smallest absolute Gasteiger partial charge is 0.119 e. The zero-order valence-corrected chi connectivity index (χ0v) is 11.5. The van der Waals surface area contributed by atoms with Gasteiger partial charge in [0, 0.05) is 25.0 Å². The molecule has 1 atom stereocenters. The lowest BCUT2D eigenvalue weighted by Gasteiger charge is -2.14. The normalized spacial score (nSPS) is 12.1. The number of hydrogen-bond donors (Lipinski definition) is 1. The molecule has 0 radical (unpaired) electrons. The van der Waals surface area contributed by atoms with E-state index in [-0.39, 0.29) is 0 Å². The Morgan fingerprint density at radius 1 is 1.11 bits per heavy atom. The predicted octanol–water partition coefficient (Wildman–Crippen LogP) is 3.33. The molecule has 0 spiro atoms. The van der Waals surface area contributed by atoms with Gasteiger partial charge in [-0.1, -0.05) is 12.1 Å². The van der Waals surface area contributed by atoms with Gasteiger partial charge < -0.3 is 10.1 Å². The molecule has 19 heavy (non-hydrogen) atoms. The third kappa shape index (κ3) is 4.07. The fraction of sp³-hybridized carbons (Fsp3) is 0.312. The van der Waals surface area contributed by atoms with Gasteiger partial charge in [-0.2, -0.15) is 0 Å². The van der Waals surface area contributed by atoms with Crippen LogP contribution in [0, 0.1) is 0 Å². The predicted molar refractivity (Wildman–Crippen MR) is 77.1 cm³/mol. The first-order valence-corrected chi connectivity index (χ1v) is 6.64. The van der Waals surface area contributed by atoms with Gasteiger partial charge in [-0.05, 0) is 49.2 Å². The number of hydrogen-bond acceptors (Lipinski definition) is 3. The fourth-order valence-electron chi connectivity index (χ4n) is 1.91. The molecule has 3 heteroatoms. The molecule has 100 valence electrons. The first kappa shape index (κ1) is 13.6. The molecule has 0 bridgehead atoms. The van der Waals surface area contributed by atoms with E-state index < -0.39 is 0 Å². The van der Waals surface area contributed by atoms with Crippen LogP contribution in [0.2, 0.25) is 0 Å². The van der Waals surface area contributed by atoms with Crippen molar-refractivity contribution in [1.29, 1.82) is 0 Å². The number of rotatable bonds is 6. The lowest BCUT2D eigenvalue weighted by atomic mass is 10.1. The second-order valence-corrected chi connectivity index (χ2v) is 4.46. The van der Waals surface area contributed by atoms with E-state index in [9.17, 15) is 0 Å². The summed E-state index contributed by atoms with van der Waals surface area (Å²) in [5.41, 5.74) is 2.50. The average Bonchev–Trinajstić information content (AvgIpc) is 2.47. The average molecular weight is 256 g/mol. The van der Waals surface area contributed by atoms with Crippen molar-refractivity contribution < 1.29 is 4.74 Å². The molecule has 1 N–H and O–H groups in total. The van der Waals surface area contributed by atoms with Crippen LogP contribution in [-0.4, -0.2) is 11.6 Å². The number of nitrogens with one attached hydrogen (secondary N) is 1. The van der Waals surface area contributed by atoms with Crippen molar-refractivity contribution in [1.82, 2.24) is 10.3 Å². The highest BCUT2D eigenvalue weighted by Crippen LogP contribution is 2.14. The maximum atomic E-state index is 5.43. The summed E-state index contributed by atoms with van der Waals surface area (Å²) in [6.45, 7) is 5.70. The number of pyridine rings is 1. The molecule has 0 fully saturated rings. The van der Waals surface area contributed by atoms with Gasteiger partial charge in [0.05, 0.1) is 6.61 Å². The Kier molecular flexibility index (Phi) is 4.93. The van der Waals surface area contributed by atoms with Crippen LogP contribution in [0.25, 0.3) is 0 Å². The number of nitrogens with zero attached hydrogens (tertiary/aromatic N) is 1. The standard InChI is InChI=1S/C16H20N2O/c1-3-19-16-6-4-14(5-7-16)12-18-13(2)15-8-10-17-11-9-15/h4-11,13,18H,3,12H2,1-2H3/t13-/m0/s1. The van der Waals surface area contributed by atoms with Crippen LogP contribution >= 0.6 is 0 Å². The Morgan fingerprint density at radius 2 is 1.79 bits per heavy atom. The van der Waals surface area contributed by atoms with Crippen LogP contribution in [0.5, 0.6) is 5.75 Å². The van der Waals surface area contributed by atoms with Crippen molar-refractivity contribution in [2.75, 3.05) is 6.61 Å². The Balaban J connectivity index is 1.88. The van der Waals surface area contributed by atoms with Crippen LogP contribution in [0.3, 0.4) is 0 Å². The van der Waals surface area contributed by atoms with Crippen molar-refractivity contribution in [2.24, 2.45) is 0 Å². The van der Waals surface area contributed by atoms with Crippen LogP contribution in [0.4, 0.5) is 0 Å². The Labute approximate surface area is 114 Å². The molecule has 0 saturated heterocycles. The second-order valence-electron chi connectivity index (χ2n) is 4.46. The van der Waals surface area contributed by atoms with Crippen molar-refractivity contribution in [3.8, 4) is 5.75 Å². The molecule has 2 aromatic rings. The van der Waals surface area contributed by atoms with Crippen LogP contribution in [0.1, 0.15) is 31.0 Å². The SMILES string of the molecule is CCOc1ccc(CN[C@@H](C)c2ccncc2)cc1. The van der Waals surface area contributed by atoms with Gasteiger partial charge in [0.15, 0.2) is 0 Å². The molecule has 0 unspecified atom stereocenters. The van der Waals surface area contributed by atoms with E-state index in [0.717, 1.165) is 12.3 Å². The van der Waals surface area contributed by atoms with Crippen molar-refractivity contribution in [3.63, 3.8) is 0 Å². The Morgan fingerprint density at radius 3 is 2.42 bits per heavy atom. The summed E-state index contributed by atoms with van der Waals surface area (Å²) in [5, 5.41) is 3.50. The van der Waals surface area contributed by atoms with E-state index in [4.69, 9.17) is 4.74 Å². The van der Waals surface area contributed by atoms with Gasteiger partial charge in [-0.15, -0.1) is 0 Å². The van der Waals surface area contributed by atoms with E-state index in [1.165, 1.54) is 11.1 Å². The highest BCUT2D eigenvalue weighted by Gasteiger charge is 2.04. The van der Waals surface area contributed by atoms with Crippen LogP contribution < -0.4 is 10.1 Å². The first-order chi connectivity index (χ1) is 9.29. The molecular formula is C16H20N2O. The molecular weight excluding hydrogens is 236 g/mol. The Hall–Kier alpha value is -1.87. The first-order valence-electron chi connectivity index (χ1n) is 6.64. The third-order valence-electron chi connectivity index (χ3n) is 3.05. The minimum absolute atomic E-state index is 0.314. The molecule has 0 aliphatic heterocycles. The highest BCUT2D eigenvalue weighted by atomic mass is 16.5. The topological polar surface area (TPSA) is 34.1 Å². The summed E-state index contributed by atoms with van der Waals surface area (Å²) in [4.78, 5) is 4.03. The zero-order valence-electron chi connectivity index (χ0n) is 11.5. The molecule has 1 heterocycles. The molecule has 2 rings (SSSR count). The minimum Gasteiger partial charge on any atom is -0.494 e.